The minimum Gasteiger partial charge on any atom is -0.453 e. The molecule has 124 valence electrons. The molecule has 1 aromatic heterocycles. The second-order valence-electron chi connectivity index (χ2n) is 3.94. The number of nitrogens with zero attached hydrogens (tertiary/aromatic N) is 2. The van der Waals surface area contributed by atoms with E-state index in [0.29, 0.717) is 0 Å². The number of para-hydroxylation sites is 1. The number of anilines is 1. The van der Waals surface area contributed by atoms with Gasteiger partial charge in [-0.15, -0.1) is 0 Å². The van der Waals surface area contributed by atoms with Gasteiger partial charge >= 0.3 is 17.6 Å². The van der Waals surface area contributed by atoms with E-state index in [0.717, 1.165) is 4.90 Å². The van der Waals surface area contributed by atoms with Gasteiger partial charge in [0.15, 0.2) is 11.8 Å². The summed E-state index contributed by atoms with van der Waals surface area (Å²) in [4.78, 5) is 28.6. The van der Waals surface area contributed by atoms with Crippen molar-refractivity contribution in [2.24, 2.45) is 5.73 Å². The van der Waals surface area contributed by atoms with E-state index in [4.69, 9.17) is 25.7 Å². The number of rotatable bonds is 5. The molecular weight excluding hydrogens is 304 g/mol. The molecule has 0 aliphatic rings. The maximum atomic E-state index is 11.9. The topological polar surface area (TPSA) is 135 Å². The summed E-state index contributed by atoms with van der Waals surface area (Å²) in [6.07, 6.45) is 0. The van der Waals surface area contributed by atoms with Crippen molar-refractivity contribution in [1.29, 1.82) is 0 Å². The Balaban J connectivity index is 0.00000127. The van der Waals surface area contributed by atoms with Crippen LogP contribution in [0.4, 0.5) is 5.69 Å². The van der Waals surface area contributed by atoms with Gasteiger partial charge in [0.25, 0.3) is 5.69 Å². The SMILES string of the molecule is CC.CO[n+]1onc(COC(=O)c2ccccc2N)c1C(N)=O. The van der Waals surface area contributed by atoms with E-state index >= 15 is 0 Å². The minimum absolute atomic E-state index is 0.0344. The van der Waals surface area contributed by atoms with E-state index in [9.17, 15) is 9.59 Å². The number of aromatic nitrogens is 2. The monoisotopic (exact) mass is 323 g/mol. The largest absolute Gasteiger partial charge is 0.453 e. The van der Waals surface area contributed by atoms with Crippen molar-refractivity contribution < 1.29 is 28.7 Å². The highest BCUT2D eigenvalue weighted by Gasteiger charge is 2.31. The first-order valence-corrected chi connectivity index (χ1v) is 6.81. The molecule has 2 rings (SSSR count). The Morgan fingerprint density at radius 3 is 2.52 bits per heavy atom. The Kier molecular flexibility index (Phi) is 6.53. The summed E-state index contributed by atoms with van der Waals surface area (Å²) in [5, 5.41) is 3.55. The van der Waals surface area contributed by atoms with Crippen molar-refractivity contribution in [2.75, 3.05) is 12.8 Å². The highest BCUT2D eigenvalue weighted by Crippen LogP contribution is 2.13. The molecule has 1 heterocycles. The lowest BCUT2D eigenvalue weighted by atomic mass is 10.2. The van der Waals surface area contributed by atoms with E-state index in [-0.39, 0.29) is 29.2 Å². The molecule has 1 amide bonds. The molecule has 0 unspecified atom stereocenters. The summed E-state index contributed by atoms with van der Waals surface area (Å²) in [5.41, 5.74) is 11.2. The van der Waals surface area contributed by atoms with Crippen LogP contribution in [0.15, 0.2) is 28.9 Å². The average Bonchev–Trinajstić information content (AvgIpc) is 2.98. The number of nitrogens with two attached hydrogens (primary N) is 2. The van der Waals surface area contributed by atoms with Crippen LogP contribution >= 0.6 is 0 Å². The van der Waals surface area contributed by atoms with Crippen molar-refractivity contribution in [3.63, 3.8) is 0 Å². The highest BCUT2D eigenvalue weighted by molar-refractivity contribution is 5.95. The average molecular weight is 323 g/mol. The van der Waals surface area contributed by atoms with E-state index in [1.54, 1.807) is 18.2 Å². The molecule has 0 radical (unpaired) electrons. The van der Waals surface area contributed by atoms with Crippen LogP contribution in [0.5, 0.6) is 0 Å². The van der Waals surface area contributed by atoms with Gasteiger partial charge in [0, 0.05) is 5.69 Å². The number of benzene rings is 1. The zero-order valence-electron chi connectivity index (χ0n) is 13.1. The summed E-state index contributed by atoms with van der Waals surface area (Å²) < 4.78 is 9.72. The van der Waals surface area contributed by atoms with Crippen LogP contribution in [0.3, 0.4) is 0 Å². The third-order valence-electron chi connectivity index (χ3n) is 2.60. The maximum Gasteiger partial charge on any atom is 0.340 e. The number of esters is 1. The van der Waals surface area contributed by atoms with Gasteiger partial charge in [0.1, 0.15) is 12.0 Å². The molecule has 9 nitrogen and oxygen atoms in total. The van der Waals surface area contributed by atoms with E-state index in [1.807, 2.05) is 13.8 Å². The van der Waals surface area contributed by atoms with Crippen LogP contribution in [0, 0.1) is 0 Å². The molecule has 0 bridgehead atoms. The molecule has 0 atom stereocenters. The van der Waals surface area contributed by atoms with Crippen LogP contribution in [0.1, 0.15) is 40.4 Å². The first kappa shape index (κ1) is 18.0. The summed E-state index contributed by atoms with van der Waals surface area (Å²) in [6, 6.07) is 6.43. The Morgan fingerprint density at radius 1 is 1.30 bits per heavy atom. The van der Waals surface area contributed by atoms with Gasteiger partial charge in [-0.3, -0.25) is 4.79 Å². The Hall–Kier alpha value is -3.10. The van der Waals surface area contributed by atoms with E-state index < -0.39 is 11.9 Å². The van der Waals surface area contributed by atoms with Gasteiger partial charge in [-0.1, -0.05) is 26.0 Å². The number of carbonyl (C=O) groups excluding carboxylic acids is 2. The predicted molar refractivity (Wildman–Crippen MR) is 79.0 cm³/mol. The zero-order chi connectivity index (χ0) is 17.4. The summed E-state index contributed by atoms with van der Waals surface area (Å²) >= 11 is 0. The van der Waals surface area contributed by atoms with Crippen LogP contribution in [0.25, 0.3) is 0 Å². The third kappa shape index (κ3) is 4.19. The fourth-order valence-corrected chi connectivity index (χ4v) is 1.62. The van der Waals surface area contributed by atoms with Gasteiger partial charge in [0.2, 0.25) is 0 Å². The standard InChI is InChI=1S/C12H12N4O5.C2H6/c1-19-16-10(11(14)17)9(15-21-16)6-20-12(18)7-4-2-3-5-8(7)13;1-2/h2-5H,6H2,1H3,(H3-,13,14,17,18);1-2H3/p+1. The fraction of sp³-hybridized carbons (Fsp3) is 0.286. The number of primary amides is 1. The lowest BCUT2D eigenvalue weighted by Crippen LogP contribution is -2.45. The van der Waals surface area contributed by atoms with Crippen LogP contribution in [-0.2, 0) is 11.3 Å². The zero-order valence-corrected chi connectivity index (χ0v) is 13.1. The van der Waals surface area contributed by atoms with E-state index in [1.165, 1.54) is 13.2 Å². The lowest BCUT2D eigenvalue weighted by molar-refractivity contribution is -1.02. The second-order valence-corrected chi connectivity index (χ2v) is 3.94. The molecule has 0 aliphatic heterocycles. The molecule has 2 aromatic rings. The number of ether oxygens (including phenoxy) is 1. The smallest absolute Gasteiger partial charge is 0.340 e. The Morgan fingerprint density at radius 2 is 1.96 bits per heavy atom. The third-order valence-corrected chi connectivity index (χ3v) is 2.60. The summed E-state index contributed by atoms with van der Waals surface area (Å²) in [6.45, 7) is 3.69. The normalized spacial score (nSPS) is 9.52. The number of hydrogen-bond acceptors (Lipinski definition) is 7. The predicted octanol–water partition coefficient (Wildman–Crippen LogP) is 0.0848. The van der Waals surface area contributed by atoms with Gasteiger partial charge in [-0.05, 0) is 16.8 Å². The summed E-state index contributed by atoms with van der Waals surface area (Å²) in [7, 11) is 1.26. The van der Waals surface area contributed by atoms with Crippen molar-refractivity contribution in [3.8, 4) is 0 Å². The Labute approximate surface area is 132 Å². The van der Waals surface area contributed by atoms with Crippen LogP contribution in [0.2, 0.25) is 0 Å². The number of hydrogen-bond donors (Lipinski definition) is 2. The van der Waals surface area contributed by atoms with Gasteiger partial charge < -0.3 is 21.0 Å². The number of nitrogen functional groups attached to an aromatic ring is 1. The minimum atomic E-state index is -0.830. The number of amides is 1. The molecule has 0 fully saturated rings. The van der Waals surface area contributed by atoms with Crippen molar-refractivity contribution >= 4 is 17.6 Å². The maximum absolute atomic E-state index is 11.9. The second kappa shape index (κ2) is 8.37. The Bertz CT molecular complexity index is 684. The first-order valence-electron chi connectivity index (χ1n) is 6.81. The molecule has 0 saturated heterocycles. The van der Waals surface area contributed by atoms with Crippen LogP contribution < -0.4 is 21.2 Å². The van der Waals surface area contributed by atoms with Gasteiger partial charge in [0.05, 0.1) is 5.56 Å². The summed E-state index contributed by atoms with van der Waals surface area (Å²) in [5.74, 6) is -1.49. The molecular formula is C14H19N4O5+. The molecule has 0 saturated carbocycles. The molecule has 4 N–H and O–H groups in total. The highest BCUT2D eigenvalue weighted by atomic mass is 16.9. The molecule has 0 aliphatic carbocycles. The molecule has 23 heavy (non-hydrogen) atoms. The van der Waals surface area contributed by atoms with Crippen LogP contribution in [-0.4, -0.2) is 24.1 Å². The molecule has 0 spiro atoms. The first-order chi connectivity index (χ1) is 11.0. The lowest BCUT2D eigenvalue weighted by Gasteiger charge is -2.03. The quantitative estimate of drug-likeness (QED) is 0.588. The van der Waals surface area contributed by atoms with E-state index in [2.05, 4.69) is 5.16 Å². The van der Waals surface area contributed by atoms with Gasteiger partial charge in [-0.25, -0.2) is 4.79 Å². The van der Waals surface area contributed by atoms with Crippen molar-refractivity contribution in [3.05, 3.63) is 41.2 Å². The molecule has 1 aromatic carbocycles. The van der Waals surface area contributed by atoms with Crippen molar-refractivity contribution in [2.45, 2.75) is 20.5 Å². The number of carbonyl (C=O) groups is 2. The van der Waals surface area contributed by atoms with Crippen molar-refractivity contribution in [1.82, 2.24) is 5.16 Å². The molecule has 9 heteroatoms. The van der Waals surface area contributed by atoms with Gasteiger partial charge in [-0.2, -0.15) is 0 Å². The fourth-order valence-electron chi connectivity index (χ4n) is 1.62.